The summed E-state index contributed by atoms with van der Waals surface area (Å²) in [7, 11) is 1.57. The zero-order valence-electron chi connectivity index (χ0n) is 20.6. The Balaban J connectivity index is 1.53. The fourth-order valence-electron chi connectivity index (χ4n) is 5.15. The standard InChI is InChI=1S/C25H30FN7O2/c1-24(2)14-20(22(26)25(3,4)30-24)32-10-8-16-12-19(28-29-23(16)32)18-7-6-17(33-11-9-27-31-33)13-21(18)35-15-34-5/h6-13,20,22,30H,14-15H2,1-5H3/t20-,22-/m0/s1. The van der Waals surface area contributed by atoms with Gasteiger partial charge in [-0.15, -0.1) is 15.3 Å². The van der Waals surface area contributed by atoms with Gasteiger partial charge in [0.2, 0.25) is 0 Å². The van der Waals surface area contributed by atoms with Gasteiger partial charge in [0, 0.05) is 41.4 Å². The van der Waals surface area contributed by atoms with Gasteiger partial charge in [-0.3, -0.25) is 0 Å². The number of piperidine rings is 1. The molecule has 1 aromatic carbocycles. The maximum absolute atomic E-state index is 15.6. The molecular weight excluding hydrogens is 449 g/mol. The number of aromatic nitrogens is 6. The number of alkyl halides is 1. The summed E-state index contributed by atoms with van der Waals surface area (Å²) in [5.74, 6) is 0.582. The Morgan fingerprint density at radius 1 is 1.11 bits per heavy atom. The Hall–Kier alpha value is -3.37. The minimum Gasteiger partial charge on any atom is -0.467 e. The number of nitrogens with one attached hydrogen (secondary N) is 1. The predicted octanol–water partition coefficient (Wildman–Crippen LogP) is 4.09. The average molecular weight is 480 g/mol. The van der Waals surface area contributed by atoms with Crippen LogP contribution in [0.4, 0.5) is 4.39 Å². The first-order chi connectivity index (χ1) is 16.7. The lowest BCUT2D eigenvalue weighted by atomic mass is 9.78. The fraction of sp³-hybridized carbons (Fsp3) is 0.440. The SMILES string of the molecule is COCOc1cc(-n2ccnn2)ccc1-c1cc2ccn([C@H]3CC(C)(C)NC(C)(C)[C@H]3F)c2nn1. The highest BCUT2D eigenvalue weighted by Crippen LogP contribution is 2.40. The van der Waals surface area contributed by atoms with Crippen molar-refractivity contribution < 1.29 is 13.9 Å². The first-order valence-electron chi connectivity index (χ1n) is 11.6. The van der Waals surface area contributed by atoms with Crippen molar-refractivity contribution in [1.82, 2.24) is 35.1 Å². The molecule has 1 saturated heterocycles. The van der Waals surface area contributed by atoms with Crippen LogP contribution in [0.1, 0.15) is 40.2 Å². The number of benzene rings is 1. The van der Waals surface area contributed by atoms with Crippen LogP contribution in [0.5, 0.6) is 5.75 Å². The molecule has 0 saturated carbocycles. The molecule has 35 heavy (non-hydrogen) atoms. The Morgan fingerprint density at radius 3 is 2.69 bits per heavy atom. The van der Waals surface area contributed by atoms with E-state index in [1.54, 1.807) is 24.2 Å². The zero-order valence-corrected chi connectivity index (χ0v) is 20.6. The molecule has 0 spiro atoms. The van der Waals surface area contributed by atoms with Crippen molar-refractivity contribution in [1.29, 1.82) is 0 Å². The Bertz CT molecular complexity index is 1330. The maximum atomic E-state index is 15.6. The summed E-state index contributed by atoms with van der Waals surface area (Å²) in [5, 5.41) is 21.2. The molecule has 0 radical (unpaired) electrons. The van der Waals surface area contributed by atoms with Crippen LogP contribution in [-0.2, 0) is 4.74 Å². The normalized spacial score (nSPS) is 21.3. The number of halogens is 1. The van der Waals surface area contributed by atoms with Gasteiger partial charge >= 0.3 is 0 Å². The quantitative estimate of drug-likeness (QED) is 0.417. The van der Waals surface area contributed by atoms with Crippen molar-refractivity contribution in [3.8, 4) is 22.7 Å². The van der Waals surface area contributed by atoms with E-state index in [-0.39, 0.29) is 18.4 Å². The summed E-state index contributed by atoms with van der Waals surface area (Å²) in [6.07, 6.45) is 4.84. The highest BCUT2D eigenvalue weighted by Gasteiger charge is 2.47. The number of ether oxygens (including phenoxy) is 2. The van der Waals surface area contributed by atoms with Gasteiger partial charge in [0.05, 0.1) is 29.8 Å². The van der Waals surface area contributed by atoms with Crippen LogP contribution in [-0.4, -0.2) is 60.9 Å². The molecule has 4 aromatic rings. The smallest absolute Gasteiger partial charge is 0.188 e. The van der Waals surface area contributed by atoms with Crippen molar-refractivity contribution in [2.45, 2.75) is 57.4 Å². The van der Waals surface area contributed by atoms with Crippen LogP contribution in [0.15, 0.2) is 48.9 Å². The third kappa shape index (κ3) is 4.39. The minimum atomic E-state index is -1.08. The van der Waals surface area contributed by atoms with Crippen molar-refractivity contribution in [2.24, 2.45) is 0 Å². The van der Waals surface area contributed by atoms with Crippen LogP contribution < -0.4 is 10.1 Å². The van der Waals surface area contributed by atoms with Gasteiger partial charge < -0.3 is 19.4 Å². The van der Waals surface area contributed by atoms with Crippen LogP contribution in [0.25, 0.3) is 28.0 Å². The molecule has 2 atom stereocenters. The van der Waals surface area contributed by atoms with E-state index in [9.17, 15) is 0 Å². The van der Waals surface area contributed by atoms with E-state index < -0.39 is 11.7 Å². The summed E-state index contributed by atoms with van der Waals surface area (Å²) in [4.78, 5) is 0. The molecule has 10 heteroatoms. The molecule has 5 rings (SSSR count). The molecule has 1 fully saturated rings. The maximum Gasteiger partial charge on any atom is 0.188 e. The van der Waals surface area contributed by atoms with E-state index in [1.807, 2.05) is 54.9 Å². The van der Waals surface area contributed by atoms with E-state index in [0.717, 1.165) is 16.6 Å². The van der Waals surface area contributed by atoms with Crippen LogP contribution in [0.3, 0.4) is 0 Å². The van der Waals surface area contributed by atoms with Crippen molar-refractivity contribution in [2.75, 3.05) is 13.9 Å². The molecular formula is C25H30FN7O2. The van der Waals surface area contributed by atoms with Crippen LogP contribution >= 0.6 is 0 Å². The molecule has 9 nitrogen and oxygen atoms in total. The first kappa shape index (κ1) is 23.4. The summed E-state index contributed by atoms with van der Waals surface area (Å²) < 4.78 is 30.1. The summed E-state index contributed by atoms with van der Waals surface area (Å²) in [6, 6.07) is 9.24. The van der Waals surface area contributed by atoms with Gasteiger partial charge in [-0.25, -0.2) is 9.07 Å². The van der Waals surface area contributed by atoms with E-state index in [1.165, 1.54) is 0 Å². The third-order valence-electron chi connectivity index (χ3n) is 6.49. The number of hydrogen-bond acceptors (Lipinski definition) is 7. The molecule has 1 aliphatic heterocycles. The molecule has 0 unspecified atom stereocenters. The zero-order chi connectivity index (χ0) is 24.8. The van der Waals surface area contributed by atoms with Crippen molar-refractivity contribution in [3.05, 3.63) is 48.9 Å². The van der Waals surface area contributed by atoms with Crippen LogP contribution in [0.2, 0.25) is 0 Å². The molecule has 184 valence electrons. The van der Waals surface area contributed by atoms with Gasteiger partial charge in [0.1, 0.15) is 11.9 Å². The number of rotatable bonds is 6. The number of hydrogen-bond donors (Lipinski definition) is 1. The van der Waals surface area contributed by atoms with Gasteiger partial charge in [0.15, 0.2) is 12.4 Å². The Morgan fingerprint density at radius 2 is 1.94 bits per heavy atom. The Labute approximate surface area is 203 Å². The first-order valence-corrected chi connectivity index (χ1v) is 11.6. The molecule has 1 N–H and O–H groups in total. The van der Waals surface area contributed by atoms with E-state index in [4.69, 9.17) is 9.47 Å². The van der Waals surface area contributed by atoms with E-state index in [0.29, 0.717) is 23.5 Å². The predicted molar refractivity (Wildman–Crippen MR) is 130 cm³/mol. The molecule has 0 aliphatic carbocycles. The monoisotopic (exact) mass is 479 g/mol. The minimum absolute atomic E-state index is 0.0824. The highest BCUT2D eigenvalue weighted by molar-refractivity contribution is 5.82. The number of methoxy groups -OCH3 is 1. The number of fused-ring (bicyclic) bond motifs is 1. The lowest BCUT2D eigenvalue weighted by Gasteiger charge is -2.49. The van der Waals surface area contributed by atoms with Crippen molar-refractivity contribution >= 4 is 11.0 Å². The lowest BCUT2D eigenvalue weighted by molar-refractivity contribution is 0.0313. The molecule has 4 heterocycles. The summed E-state index contributed by atoms with van der Waals surface area (Å²) in [5.41, 5.74) is 2.00. The van der Waals surface area contributed by atoms with Crippen molar-refractivity contribution in [3.63, 3.8) is 0 Å². The second kappa shape index (κ2) is 8.69. The van der Waals surface area contributed by atoms with Gasteiger partial charge in [-0.1, -0.05) is 5.21 Å². The van der Waals surface area contributed by atoms with E-state index >= 15 is 4.39 Å². The van der Waals surface area contributed by atoms with Crippen LogP contribution in [0, 0.1) is 0 Å². The molecule has 3 aromatic heterocycles. The Kier molecular flexibility index (Phi) is 5.80. The van der Waals surface area contributed by atoms with Gasteiger partial charge in [0.25, 0.3) is 0 Å². The summed E-state index contributed by atoms with van der Waals surface area (Å²) in [6.45, 7) is 8.11. The molecule has 0 amide bonds. The van der Waals surface area contributed by atoms with Gasteiger partial charge in [-0.2, -0.15) is 0 Å². The summed E-state index contributed by atoms with van der Waals surface area (Å²) >= 11 is 0. The fourth-order valence-corrected chi connectivity index (χ4v) is 5.15. The topological polar surface area (TPSA) is 91.9 Å². The lowest BCUT2D eigenvalue weighted by Crippen LogP contribution is -2.64. The average Bonchev–Trinajstić information content (AvgIpc) is 3.49. The third-order valence-corrected chi connectivity index (χ3v) is 6.49. The second-order valence-electron chi connectivity index (χ2n) is 10.2. The second-order valence-corrected chi connectivity index (χ2v) is 10.2. The molecule has 1 aliphatic rings. The molecule has 0 bridgehead atoms. The van der Waals surface area contributed by atoms with E-state index in [2.05, 4.69) is 39.7 Å². The number of nitrogens with zero attached hydrogens (tertiary/aromatic N) is 6. The van der Waals surface area contributed by atoms with Gasteiger partial charge in [-0.05, 0) is 58.4 Å². The largest absolute Gasteiger partial charge is 0.467 e. The highest BCUT2D eigenvalue weighted by atomic mass is 19.1.